The van der Waals surface area contributed by atoms with Crippen LogP contribution in [0.15, 0.2) is 0 Å². The fraction of sp³-hybridized carbons (Fsp3) is 0.778. The lowest BCUT2D eigenvalue weighted by molar-refractivity contribution is -0.142. The second-order valence-corrected chi connectivity index (χ2v) is 3.64. The van der Waals surface area contributed by atoms with Crippen LogP contribution in [0, 0.1) is 5.92 Å². The van der Waals surface area contributed by atoms with Crippen molar-refractivity contribution in [2.75, 3.05) is 6.54 Å². The summed E-state index contributed by atoms with van der Waals surface area (Å²) in [6.45, 7) is 4.66. The molecule has 0 radical (unpaired) electrons. The van der Waals surface area contributed by atoms with Gasteiger partial charge in [-0.1, -0.05) is 13.8 Å². The molecule has 5 heteroatoms. The van der Waals surface area contributed by atoms with Crippen LogP contribution in [0.2, 0.25) is 0 Å². The van der Waals surface area contributed by atoms with E-state index in [4.69, 9.17) is 10.8 Å². The Bertz CT molecular complexity index is 204. The molecule has 0 rings (SSSR count). The first kappa shape index (κ1) is 12.9. The standard InChI is InChI=1S/C9H18N2O3/c1-6(2)4-3-5-11-8(12)7(10)9(13)14/h6-7H,3-5,10H2,1-2H3,(H,11,12)(H,13,14). The predicted octanol–water partition coefficient (Wildman–Crippen LogP) is -0.0493. The Morgan fingerprint density at radius 3 is 2.43 bits per heavy atom. The molecule has 0 aliphatic rings. The number of nitrogens with two attached hydrogens (primary N) is 1. The van der Waals surface area contributed by atoms with Crippen LogP contribution in [-0.2, 0) is 9.59 Å². The zero-order chi connectivity index (χ0) is 11.1. The van der Waals surface area contributed by atoms with E-state index < -0.39 is 17.9 Å². The highest BCUT2D eigenvalue weighted by atomic mass is 16.4. The molecule has 1 unspecified atom stereocenters. The lowest BCUT2D eigenvalue weighted by Crippen LogP contribution is -2.46. The zero-order valence-electron chi connectivity index (χ0n) is 8.62. The molecule has 0 aromatic rings. The van der Waals surface area contributed by atoms with Crippen LogP contribution < -0.4 is 11.1 Å². The Hall–Kier alpha value is -1.10. The average molecular weight is 202 g/mol. The summed E-state index contributed by atoms with van der Waals surface area (Å²) in [5, 5.41) is 10.9. The van der Waals surface area contributed by atoms with Crippen molar-refractivity contribution in [2.45, 2.75) is 32.7 Å². The van der Waals surface area contributed by atoms with Crippen LogP contribution >= 0.6 is 0 Å². The molecule has 5 nitrogen and oxygen atoms in total. The lowest BCUT2D eigenvalue weighted by Gasteiger charge is -2.08. The van der Waals surface area contributed by atoms with E-state index in [-0.39, 0.29) is 0 Å². The molecule has 0 saturated carbocycles. The van der Waals surface area contributed by atoms with Gasteiger partial charge >= 0.3 is 5.97 Å². The summed E-state index contributed by atoms with van der Waals surface area (Å²) in [7, 11) is 0. The molecule has 0 heterocycles. The van der Waals surface area contributed by atoms with Gasteiger partial charge in [0.15, 0.2) is 6.04 Å². The van der Waals surface area contributed by atoms with E-state index in [1.165, 1.54) is 0 Å². The first-order valence-corrected chi connectivity index (χ1v) is 4.71. The molecule has 14 heavy (non-hydrogen) atoms. The van der Waals surface area contributed by atoms with Crippen LogP contribution in [-0.4, -0.2) is 29.6 Å². The van der Waals surface area contributed by atoms with Gasteiger partial charge in [0.05, 0.1) is 0 Å². The summed E-state index contributed by atoms with van der Waals surface area (Å²) in [4.78, 5) is 21.3. The van der Waals surface area contributed by atoms with Crippen LogP contribution in [0.3, 0.4) is 0 Å². The summed E-state index contributed by atoms with van der Waals surface area (Å²) in [5.41, 5.74) is 5.09. The van der Waals surface area contributed by atoms with Crippen LogP contribution in [0.25, 0.3) is 0 Å². The Morgan fingerprint density at radius 2 is 2.00 bits per heavy atom. The van der Waals surface area contributed by atoms with Gasteiger partial charge in [0.25, 0.3) is 0 Å². The third-order valence-corrected chi connectivity index (χ3v) is 1.81. The number of carbonyl (C=O) groups excluding carboxylic acids is 1. The first-order chi connectivity index (χ1) is 6.45. The molecule has 0 aromatic carbocycles. The van der Waals surface area contributed by atoms with Gasteiger partial charge in [-0.05, 0) is 18.8 Å². The molecule has 82 valence electrons. The minimum atomic E-state index is -1.45. The third-order valence-electron chi connectivity index (χ3n) is 1.81. The Balaban J connectivity index is 3.59. The Morgan fingerprint density at radius 1 is 1.43 bits per heavy atom. The maximum Gasteiger partial charge on any atom is 0.330 e. The monoisotopic (exact) mass is 202 g/mol. The van der Waals surface area contributed by atoms with E-state index in [0.29, 0.717) is 12.5 Å². The molecule has 1 amide bonds. The van der Waals surface area contributed by atoms with Crippen LogP contribution in [0.5, 0.6) is 0 Å². The Labute approximate surface area is 83.7 Å². The number of nitrogens with one attached hydrogen (secondary N) is 1. The topological polar surface area (TPSA) is 92.4 Å². The number of aliphatic carboxylic acids is 1. The molecule has 0 aliphatic heterocycles. The van der Waals surface area contributed by atoms with E-state index in [0.717, 1.165) is 12.8 Å². The molecule has 0 aliphatic carbocycles. The maximum atomic E-state index is 11.0. The predicted molar refractivity (Wildman–Crippen MR) is 52.7 cm³/mol. The molecular weight excluding hydrogens is 184 g/mol. The Kier molecular flexibility index (Phi) is 5.87. The number of hydrogen-bond donors (Lipinski definition) is 3. The van der Waals surface area contributed by atoms with Gasteiger partial charge in [-0.2, -0.15) is 0 Å². The van der Waals surface area contributed by atoms with Crippen molar-refractivity contribution in [3.05, 3.63) is 0 Å². The minimum Gasteiger partial charge on any atom is -0.480 e. The van der Waals surface area contributed by atoms with Crippen molar-refractivity contribution in [1.29, 1.82) is 0 Å². The van der Waals surface area contributed by atoms with Crippen molar-refractivity contribution in [3.63, 3.8) is 0 Å². The van der Waals surface area contributed by atoms with Gasteiger partial charge in [0.2, 0.25) is 5.91 Å². The summed E-state index contributed by atoms with van der Waals surface area (Å²) in [6.07, 6.45) is 1.85. The zero-order valence-corrected chi connectivity index (χ0v) is 8.62. The van der Waals surface area contributed by atoms with Gasteiger partial charge in [0, 0.05) is 6.54 Å². The van der Waals surface area contributed by atoms with Gasteiger partial charge in [0.1, 0.15) is 0 Å². The highest BCUT2D eigenvalue weighted by molar-refractivity contribution is 6.00. The summed E-state index contributed by atoms with van der Waals surface area (Å²) >= 11 is 0. The molecule has 0 saturated heterocycles. The molecular formula is C9H18N2O3. The van der Waals surface area contributed by atoms with E-state index in [1.807, 2.05) is 0 Å². The molecule has 0 fully saturated rings. The second kappa shape index (κ2) is 6.37. The first-order valence-electron chi connectivity index (χ1n) is 4.71. The highest BCUT2D eigenvalue weighted by Crippen LogP contribution is 2.01. The quantitative estimate of drug-likeness (QED) is 0.416. The number of carbonyl (C=O) groups is 2. The number of carboxylic acids is 1. The van der Waals surface area contributed by atoms with Gasteiger partial charge in [-0.15, -0.1) is 0 Å². The minimum absolute atomic E-state index is 0.484. The van der Waals surface area contributed by atoms with Crippen LogP contribution in [0.4, 0.5) is 0 Å². The van der Waals surface area contributed by atoms with Crippen molar-refractivity contribution >= 4 is 11.9 Å². The number of carboxylic acid groups (broad SMARTS) is 1. The molecule has 0 bridgehead atoms. The molecule has 0 aromatic heterocycles. The van der Waals surface area contributed by atoms with Gasteiger partial charge < -0.3 is 16.2 Å². The van der Waals surface area contributed by atoms with Crippen molar-refractivity contribution < 1.29 is 14.7 Å². The number of hydrogen-bond acceptors (Lipinski definition) is 3. The fourth-order valence-corrected chi connectivity index (χ4v) is 0.944. The molecule has 1 atom stereocenters. The summed E-state index contributed by atoms with van der Waals surface area (Å²) in [6, 6.07) is -1.45. The lowest BCUT2D eigenvalue weighted by atomic mass is 10.1. The van der Waals surface area contributed by atoms with E-state index in [9.17, 15) is 9.59 Å². The normalized spacial score (nSPS) is 12.6. The third kappa shape index (κ3) is 5.53. The number of rotatable bonds is 6. The van der Waals surface area contributed by atoms with E-state index >= 15 is 0 Å². The van der Waals surface area contributed by atoms with E-state index in [1.54, 1.807) is 0 Å². The molecule has 0 spiro atoms. The van der Waals surface area contributed by atoms with Crippen LogP contribution in [0.1, 0.15) is 26.7 Å². The fourth-order valence-electron chi connectivity index (χ4n) is 0.944. The SMILES string of the molecule is CC(C)CCCNC(=O)C(N)C(=O)O. The highest BCUT2D eigenvalue weighted by Gasteiger charge is 2.20. The second-order valence-electron chi connectivity index (χ2n) is 3.64. The van der Waals surface area contributed by atoms with Gasteiger partial charge in [-0.25, -0.2) is 4.79 Å². The van der Waals surface area contributed by atoms with Crippen molar-refractivity contribution in [2.24, 2.45) is 11.7 Å². The van der Waals surface area contributed by atoms with E-state index in [2.05, 4.69) is 19.2 Å². The van der Waals surface area contributed by atoms with Crippen molar-refractivity contribution in [3.8, 4) is 0 Å². The smallest absolute Gasteiger partial charge is 0.330 e. The maximum absolute atomic E-state index is 11.0. The average Bonchev–Trinajstić information content (AvgIpc) is 2.10. The molecule has 4 N–H and O–H groups in total. The summed E-state index contributed by atoms with van der Waals surface area (Å²) in [5.74, 6) is -1.34. The van der Waals surface area contributed by atoms with Crippen molar-refractivity contribution in [1.82, 2.24) is 5.32 Å². The largest absolute Gasteiger partial charge is 0.480 e. The van der Waals surface area contributed by atoms with Gasteiger partial charge in [-0.3, -0.25) is 4.79 Å². The summed E-state index contributed by atoms with van der Waals surface area (Å²) < 4.78 is 0. The number of amides is 1.